The highest BCUT2D eigenvalue weighted by atomic mass is 32.1. The van der Waals surface area contributed by atoms with Crippen LogP contribution in [0.1, 0.15) is 33.5 Å². The molecule has 0 saturated carbocycles. The summed E-state index contributed by atoms with van der Waals surface area (Å²) in [6.45, 7) is 0.267. The number of rotatable bonds is 7. The van der Waals surface area contributed by atoms with Crippen LogP contribution in [0, 0.1) is 0 Å². The van der Waals surface area contributed by atoms with Crippen LogP contribution in [-0.2, 0) is 11.3 Å². The fourth-order valence-corrected chi connectivity index (χ4v) is 2.55. The summed E-state index contributed by atoms with van der Waals surface area (Å²) < 4.78 is 5.11. The van der Waals surface area contributed by atoms with Crippen molar-refractivity contribution in [2.75, 3.05) is 0 Å². The van der Waals surface area contributed by atoms with Crippen molar-refractivity contribution in [2.45, 2.75) is 19.0 Å². The highest BCUT2D eigenvalue weighted by molar-refractivity contribution is 7.10. The number of carbonyl (C=O) groups is 2. The maximum absolute atomic E-state index is 10.9. The van der Waals surface area contributed by atoms with Crippen molar-refractivity contribution >= 4 is 23.3 Å². The van der Waals surface area contributed by atoms with Crippen LogP contribution in [0.3, 0.4) is 0 Å². The topological polar surface area (TPSA) is 99.8 Å². The van der Waals surface area contributed by atoms with Crippen LogP contribution in [0.15, 0.2) is 34.3 Å². The molecule has 0 aliphatic heterocycles. The normalized spacial score (nSPS) is 12.2. The van der Waals surface area contributed by atoms with E-state index in [1.807, 2.05) is 17.5 Å². The predicted molar refractivity (Wildman–Crippen MR) is 71.8 cm³/mol. The van der Waals surface area contributed by atoms with Gasteiger partial charge in [0.2, 0.25) is 0 Å². The molecule has 2 heterocycles. The number of thiophene rings is 1. The van der Waals surface area contributed by atoms with Gasteiger partial charge in [-0.25, -0.2) is 4.79 Å². The molecular weight excluding hydrogens is 282 g/mol. The van der Waals surface area contributed by atoms with E-state index in [0.29, 0.717) is 5.76 Å². The summed E-state index contributed by atoms with van der Waals surface area (Å²) >= 11 is 1.47. The quantitative estimate of drug-likeness (QED) is 0.725. The third-order valence-electron chi connectivity index (χ3n) is 2.69. The molecule has 7 heteroatoms. The van der Waals surface area contributed by atoms with Gasteiger partial charge in [-0.2, -0.15) is 0 Å². The molecule has 0 saturated heterocycles. The summed E-state index contributed by atoms with van der Waals surface area (Å²) in [5.74, 6) is -1.50. The third kappa shape index (κ3) is 3.69. The molecule has 0 spiro atoms. The van der Waals surface area contributed by atoms with Gasteiger partial charge < -0.3 is 19.9 Å². The number of hydrogen-bond acceptors (Lipinski definition) is 5. The largest absolute Gasteiger partial charge is 0.481 e. The van der Waals surface area contributed by atoms with Crippen LogP contribution in [0.4, 0.5) is 0 Å². The van der Waals surface area contributed by atoms with Gasteiger partial charge in [-0.3, -0.25) is 4.79 Å². The van der Waals surface area contributed by atoms with Gasteiger partial charge in [-0.1, -0.05) is 6.07 Å². The summed E-state index contributed by atoms with van der Waals surface area (Å²) in [7, 11) is 0. The first-order valence-corrected chi connectivity index (χ1v) is 6.73. The Bertz CT molecular complexity index is 590. The van der Waals surface area contributed by atoms with Gasteiger partial charge in [0, 0.05) is 4.88 Å². The lowest BCUT2D eigenvalue weighted by Crippen LogP contribution is -2.22. The zero-order valence-electron chi connectivity index (χ0n) is 10.4. The second-order valence-electron chi connectivity index (χ2n) is 4.15. The molecule has 3 N–H and O–H groups in total. The second-order valence-corrected chi connectivity index (χ2v) is 5.13. The van der Waals surface area contributed by atoms with Crippen molar-refractivity contribution in [2.24, 2.45) is 0 Å². The van der Waals surface area contributed by atoms with Gasteiger partial charge in [-0.15, -0.1) is 11.3 Å². The Morgan fingerprint density at radius 1 is 1.40 bits per heavy atom. The standard InChI is InChI=1S/C13H13NO5S/c15-12(16)5-10(11-2-1-3-20-11)14-6-9-4-8(7-19-9)13(17)18/h1-4,7,10,14H,5-6H2,(H,15,16)(H,17,18). The Kier molecular flexibility index (Phi) is 4.54. The zero-order chi connectivity index (χ0) is 14.5. The lowest BCUT2D eigenvalue weighted by Gasteiger charge is -2.14. The van der Waals surface area contributed by atoms with Crippen molar-refractivity contribution in [1.82, 2.24) is 5.32 Å². The maximum Gasteiger partial charge on any atom is 0.338 e. The van der Waals surface area contributed by atoms with E-state index in [4.69, 9.17) is 14.6 Å². The summed E-state index contributed by atoms with van der Waals surface area (Å²) in [6, 6.07) is 4.80. The molecule has 2 aromatic heterocycles. The number of furan rings is 1. The predicted octanol–water partition coefficient (Wildman–Crippen LogP) is 2.34. The molecule has 1 atom stereocenters. The van der Waals surface area contributed by atoms with Gasteiger partial charge in [0.05, 0.1) is 24.6 Å². The molecule has 0 fully saturated rings. The third-order valence-corrected chi connectivity index (χ3v) is 3.67. The van der Waals surface area contributed by atoms with E-state index in [2.05, 4.69) is 5.32 Å². The Morgan fingerprint density at radius 2 is 2.20 bits per heavy atom. The number of carboxylic acids is 2. The number of hydrogen-bond donors (Lipinski definition) is 3. The van der Waals surface area contributed by atoms with E-state index < -0.39 is 11.9 Å². The number of aliphatic carboxylic acids is 1. The summed E-state index contributed by atoms with van der Waals surface area (Å²) in [6.07, 6.45) is 1.11. The molecule has 0 bridgehead atoms. The minimum Gasteiger partial charge on any atom is -0.481 e. The number of aromatic carboxylic acids is 1. The summed E-state index contributed by atoms with van der Waals surface area (Å²) in [5, 5.41) is 22.6. The fraction of sp³-hybridized carbons (Fsp3) is 0.231. The van der Waals surface area contributed by atoms with E-state index in [9.17, 15) is 9.59 Å². The van der Waals surface area contributed by atoms with Crippen LogP contribution in [0.25, 0.3) is 0 Å². The molecule has 0 aliphatic carbocycles. The molecule has 1 unspecified atom stereocenters. The van der Waals surface area contributed by atoms with Gasteiger partial charge in [-0.05, 0) is 17.5 Å². The molecule has 2 rings (SSSR count). The minimum absolute atomic E-state index is 0.0486. The van der Waals surface area contributed by atoms with Crippen molar-refractivity contribution < 1.29 is 24.2 Å². The van der Waals surface area contributed by atoms with E-state index in [1.54, 1.807) is 0 Å². The van der Waals surface area contributed by atoms with E-state index in [0.717, 1.165) is 11.1 Å². The number of carboxylic acid groups (broad SMARTS) is 2. The first-order valence-electron chi connectivity index (χ1n) is 5.85. The van der Waals surface area contributed by atoms with Crippen molar-refractivity contribution in [3.63, 3.8) is 0 Å². The molecular formula is C13H13NO5S. The SMILES string of the molecule is O=C(O)CC(NCc1cc(C(=O)O)co1)c1cccs1. The first kappa shape index (κ1) is 14.3. The van der Waals surface area contributed by atoms with Crippen molar-refractivity contribution in [3.8, 4) is 0 Å². The van der Waals surface area contributed by atoms with Crippen LogP contribution in [-0.4, -0.2) is 22.2 Å². The van der Waals surface area contributed by atoms with Crippen molar-refractivity contribution in [3.05, 3.63) is 46.0 Å². The average molecular weight is 295 g/mol. The molecule has 20 heavy (non-hydrogen) atoms. The van der Waals surface area contributed by atoms with Gasteiger partial charge in [0.25, 0.3) is 0 Å². The molecule has 6 nitrogen and oxygen atoms in total. The Morgan fingerprint density at radius 3 is 2.75 bits per heavy atom. The average Bonchev–Trinajstić information content (AvgIpc) is 3.05. The van der Waals surface area contributed by atoms with Crippen LogP contribution in [0.2, 0.25) is 0 Å². The van der Waals surface area contributed by atoms with Crippen LogP contribution < -0.4 is 5.32 Å². The van der Waals surface area contributed by atoms with Crippen molar-refractivity contribution in [1.29, 1.82) is 0 Å². The molecule has 2 aromatic rings. The Balaban J connectivity index is 2.01. The fourth-order valence-electron chi connectivity index (χ4n) is 1.75. The molecule has 0 aromatic carbocycles. The van der Waals surface area contributed by atoms with Gasteiger partial charge in [0.15, 0.2) is 0 Å². The van der Waals surface area contributed by atoms with E-state index >= 15 is 0 Å². The Hall–Kier alpha value is -2.12. The number of nitrogens with one attached hydrogen (secondary N) is 1. The summed E-state index contributed by atoms with van der Waals surface area (Å²) in [4.78, 5) is 22.5. The van der Waals surface area contributed by atoms with Gasteiger partial charge in [0.1, 0.15) is 12.0 Å². The molecule has 0 aliphatic rings. The lowest BCUT2D eigenvalue weighted by atomic mass is 10.1. The molecule has 0 radical (unpaired) electrons. The van der Waals surface area contributed by atoms with Crippen LogP contribution in [0.5, 0.6) is 0 Å². The second kappa shape index (κ2) is 6.36. The highest BCUT2D eigenvalue weighted by Gasteiger charge is 2.17. The monoisotopic (exact) mass is 295 g/mol. The summed E-state index contributed by atoms with van der Waals surface area (Å²) in [5.41, 5.74) is 0.0766. The maximum atomic E-state index is 10.9. The molecule has 0 amide bonds. The Labute approximate surface area is 118 Å². The van der Waals surface area contributed by atoms with Gasteiger partial charge >= 0.3 is 11.9 Å². The zero-order valence-corrected chi connectivity index (χ0v) is 11.2. The van der Waals surface area contributed by atoms with E-state index in [1.165, 1.54) is 17.4 Å². The van der Waals surface area contributed by atoms with Crippen LogP contribution >= 0.6 is 11.3 Å². The smallest absolute Gasteiger partial charge is 0.338 e. The minimum atomic E-state index is -1.06. The van der Waals surface area contributed by atoms with E-state index in [-0.39, 0.29) is 24.6 Å². The first-order chi connectivity index (χ1) is 9.56. The lowest BCUT2D eigenvalue weighted by molar-refractivity contribution is -0.137. The molecule has 106 valence electrons. The highest BCUT2D eigenvalue weighted by Crippen LogP contribution is 2.22.